The van der Waals surface area contributed by atoms with Gasteiger partial charge in [-0.25, -0.2) is 0 Å². The van der Waals surface area contributed by atoms with E-state index < -0.39 is 41.9 Å². The van der Waals surface area contributed by atoms with Crippen LogP contribution in [0, 0.1) is 6.92 Å². The highest BCUT2D eigenvalue weighted by molar-refractivity contribution is 7.86. The van der Waals surface area contributed by atoms with Gasteiger partial charge in [0.15, 0.2) is 5.75 Å². The molecule has 0 saturated heterocycles. The number of methoxy groups -OCH3 is 2. The van der Waals surface area contributed by atoms with Crippen molar-refractivity contribution in [2.24, 2.45) is 40.9 Å². The molecule has 5 N–H and O–H groups in total. The number of ether oxygens (including phenoxy) is 2. The molecule has 0 amide bonds. The van der Waals surface area contributed by atoms with E-state index in [2.05, 4.69) is 46.2 Å². The van der Waals surface area contributed by atoms with Gasteiger partial charge in [0.05, 0.1) is 61.6 Å². The van der Waals surface area contributed by atoms with E-state index in [0.717, 1.165) is 28.1 Å². The van der Waals surface area contributed by atoms with Crippen molar-refractivity contribution in [2.75, 3.05) is 19.5 Å². The quantitative estimate of drug-likeness (QED) is 0.0470. The third-order valence-electron chi connectivity index (χ3n) is 10.5. The molecule has 26 nitrogen and oxygen atoms in total. The smallest absolute Gasteiger partial charge is 0.425 e. The molecule has 79 heavy (non-hydrogen) atoms. The number of rotatable bonds is 15. The monoisotopic (exact) mass is 1160 g/mol. The summed E-state index contributed by atoms with van der Waals surface area (Å²) in [7, 11) is -10.7. The van der Waals surface area contributed by atoms with Crippen LogP contribution in [0.3, 0.4) is 0 Å². The van der Waals surface area contributed by atoms with E-state index in [0.29, 0.717) is 72.8 Å². The Morgan fingerprint density at radius 3 is 1.58 bits per heavy atom. The van der Waals surface area contributed by atoms with Crippen LogP contribution in [-0.2, 0) is 55.2 Å². The Bertz CT molecular complexity index is 4070. The number of azo groups is 4. The summed E-state index contributed by atoms with van der Waals surface area (Å²) in [5.41, 5.74) is 6.44. The van der Waals surface area contributed by atoms with Gasteiger partial charge in [0, 0.05) is 39.3 Å². The lowest BCUT2D eigenvalue weighted by Crippen LogP contribution is -1.98. The van der Waals surface area contributed by atoms with Gasteiger partial charge in [-0.2, -0.15) is 39.1 Å². The summed E-state index contributed by atoms with van der Waals surface area (Å²) in [5.74, 6) is 1.03. The van der Waals surface area contributed by atoms with Gasteiger partial charge in [0.2, 0.25) is 0 Å². The molecule has 8 rings (SSSR count). The number of phenols is 1. The van der Waals surface area contributed by atoms with Crippen LogP contribution in [-0.4, -0.2) is 80.4 Å². The van der Waals surface area contributed by atoms with Crippen molar-refractivity contribution in [3.05, 3.63) is 156 Å². The van der Waals surface area contributed by atoms with Gasteiger partial charge in [-0.15, -0.1) is 48.1 Å². The highest BCUT2D eigenvalue weighted by Crippen LogP contribution is 2.41. The Labute approximate surface area is 452 Å². The van der Waals surface area contributed by atoms with Crippen molar-refractivity contribution in [2.45, 2.75) is 25.0 Å². The van der Waals surface area contributed by atoms with Gasteiger partial charge in [0.1, 0.15) is 27.8 Å². The summed E-state index contributed by atoms with van der Waals surface area (Å²) in [4.78, 5) is -0.236. The van der Waals surface area contributed by atoms with E-state index in [1.165, 1.54) is 25.3 Å². The fourth-order valence-corrected chi connectivity index (χ4v) is 7.70. The molecule has 0 bridgehead atoms. The number of nitrogens with one attached hydrogen (secondary N) is 1. The second-order valence-electron chi connectivity index (χ2n) is 15.5. The van der Waals surface area contributed by atoms with Gasteiger partial charge in [-0.1, -0.05) is 24.3 Å². The van der Waals surface area contributed by atoms with Gasteiger partial charge in [-0.3, -0.25) is 4.55 Å². The molecule has 0 radical (unpaired) electrons. The van der Waals surface area contributed by atoms with Gasteiger partial charge in [0.25, 0.3) is 10.1 Å². The Morgan fingerprint density at radius 1 is 0.481 bits per heavy atom. The molecule has 408 valence electrons. The van der Waals surface area contributed by atoms with Crippen molar-refractivity contribution in [3.8, 4) is 17.2 Å². The zero-order valence-corrected chi connectivity index (χ0v) is 44.3. The normalized spacial score (nSPS) is 11.2. The van der Waals surface area contributed by atoms with E-state index in [1.54, 1.807) is 86.0 Å². The number of phenolic OH excluding ortho intramolecular Hbond substituents is 1. The number of aromatic hydroxyl groups is 1. The first-order valence-electron chi connectivity index (χ1n) is 21.9. The van der Waals surface area contributed by atoms with Crippen LogP contribution in [0.15, 0.2) is 185 Å². The molecular weight excluding hydrogens is 1110 g/mol. The molecule has 0 heterocycles. The maximum Gasteiger partial charge on any atom is 0.425 e. The number of aliphatic hydroxyl groups is 2. The highest BCUT2D eigenvalue weighted by Gasteiger charge is 2.15. The highest BCUT2D eigenvalue weighted by atomic mass is 32.2. The molecule has 30 heteroatoms. The molecular formula is C49H41N9O17S4. The summed E-state index contributed by atoms with van der Waals surface area (Å²) in [6, 6.07) is 39.4. The first-order chi connectivity index (χ1) is 37.6. The summed E-state index contributed by atoms with van der Waals surface area (Å²) < 4.78 is 120. The van der Waals surface area contributed by atoms with Gasteiger partial charge in [-0.05, 0) is 132 Å². The molecule has 0 atom stereocenters. The molecule has 0 aliphatic carbocycles. The number of aliphatic hydroxyl groups excluding tert-OH is 2. The van der Waals surface area contributed by atoms with E-state index in [-0.39, 0.29) is 29.5 Å². The Balaban J connectivity index is 0.000000870. The molecule has 8 aromatic rings. The van der Waals surface area contributed by atoms with Crippen molar-refractivity contribution >= 4 is 120 Å². The van der Waals surface area contributed by atoms with E-state index in [4.69, 9.17) is 47.4 Å². The fourth-order valence-electron chi connectivity index (χ4n) is 7.00. The van der Waals surface area contributed by atoms with Crippen molar-refractivity contribution < 1.29 is 75.6 Å². The van der Waals surface area contributed by atoms with Crippen molar-refractivity contribution in [1.29, 1.82) is 0 Å². The van der Waals surface area contributed by atoms with Crippen LogP contribution in [0.2, 0.25) is 0 Å². The van der Waals surface area contributed by atoms with Crippen LogP contribution in [0.25, 0.3) is 21.5 Å². The summed E-state index contributed by atoms with van der Waals surface area (Å²) in [6.07, 6.45) is 0. The first-order valence-corrected chi connectivity index (χ1v) is 26.4. The van der Waals surface area contributed by atoms with E-state index >= 15 is 0 Å². The van der Waals surface area contributed by atoms with E-state index in [9.17, 15) is 28.3 Å². The zero-order valence-electron chi connectivity index (χ0n) is 41.0. The number of hydrogen-bond donors (Lipinski definition) is 5. The number of hydrogen-bond acceptors (Lipinski definition) is 25. The third kappa shape index (κ3) is 18.1. The van der Waals surface area contributed by atoms with Crippen LogP contribution >= 0.6 is 0 Å². The minimum absolute atomic E-state index is 0.0421. The standard InChI is InChI=1S/C49H41N9O8S.3O3S/c1-29-21-36(13-19-42(29)54-52-37-14-20-43(32(23-37)27-59)55-53-38-9-7-30-5-4-6-48(41(30)25-38)67(62,63)64)51-57-45-26-47(66-3)46(24-33(45)28-60)58-56-44-18-8-31-22-35(12-17-40(31)49(44)61)50-34-10-15-39(65-2)16-11-34;3*1-4(2)3/h4-26,50,59-61H,27-28H2,1-3H3,(H,62,63,64);;;. The average molecular weight is 1160 g/mol. The number of anilines is 2. The second-order valence-corrected chi connectivity index (χ2v) is 18.1. The second kappa shape index (κ2) is 28.6. The first kappa shape index (κ1) is 60.4. The predicted molar refractivity (Wildman–Crippen MR) is 284 cm³/mol. The third-order valence-corrected chi connectivity index (χ3v) is 11.4. The number of nitrogens with zero attached hydrogens (tertiary/aromatic N) is 8. The summed E-state index contributed by atoms with van der Waals surface area (Å²) in [6.45, 7) is 1.11. The van der Waals surface area contributed by atoms with Crippen molar-refractivity contribution in [3.63, 3.8) is 0 Å². The fraction of sp³-hybridized carbons (Fsp3) is 0.102. The van der Waals surface area contributed by atoms with Crippen LogP contribution < -0.4 is 14.8 Å². The van der Waals surface area contributed by atoms with E-state index in [1.807, 2.05) is 49.4 Å². The van der Waals surface area contributed by atoms with Crippen LogP contribution in [0.5, 0.6) is 17.2 Å². The number of fused-ring (bicyclic) bond motifs is 2. The molecule has 0 unspecified atom stereocenters. The lowest BCUT2D eigenvalue weighted by Gasteiger charge is -2.10. The lowest BCUT2D eigenvalue weighted by atomic mass is 10.1. The summed E-state index contributed by atoms with van der Waals surface area (Å²) >= 11 is 0. The Kier molecular flexibility index (Phi) is 21.9. The lowest BCUT2D eigenvalue weighted by molar-refractivity contribution is 0.282. The minimum Gasteiger partial charge on any atom is -0.505 e. The SMILES string of the molecule is COc1ccc(Nc2ccc3c(O)c(N=Nc4cc(CO)c(N=Nc5ccc(N=Nc6ccc(N=Nc7ccc8cccc(S(=O)(=O)O)c8c7)c(CO)c6)c(C)c5)cc4OC)ccc3c2)cc1.O=S(=O)=O.O=S(=O)=O.O=S(=O)=O. The predicted octanol–water partition coefficient (Wildman–Crippen LogP) is 10.6. The molecule has 0 fully saturated rings. The van der Waals surface area contributed by atoms with Crippen LogP contribution in [0.4, 0.5) is 56.9 Å². The number of aryl methyl sites for hydroxylation is 1. The molecule has 0 spiro atoms. The number of benzene rings is 8. The Morgan fingerprint density at radius 2 is 0.987 bits per heavy atom. The Hall–Kier alpha value is -9.43. The zero-order chi connectivity index (χ0) is 57.8. The molecule has 0 aromatic heterocycles. The summed E-state index contributed by atoms with van der Waals surface area (Å²) in [5, 5.41) is 71.8. The molecule has 0 saturated carbocycles. The maximum absolute atomic E-state index is 11.9. The maximum atomic E-state index is 11.9. The van der Waals surface area contributed by atoms with Crippen LogP contribution in [0.1, 0.15) is 16.7 Å². The van der Waals surface area contributed by atoms with Gasteiger partial charge < -0.3 is 30.1 Å². The van der Waals surface area contributed by atoms with Gasteiger partial charge >= 0.3 is 31.8 Å². The largest absolute Gasteiger partial charge is 0.505 e. The molecule has 0 aliphatic heterocycles. The topological polar surface area (TPSA) is 398 Å². The minimum atomic E-state index is -4.46. The molecule has 8 aromatic carbocycles. The molecule has 0 aliphatic rings. The average Bonchev–Trinajstić information content (AvgIpc) is 3.50. The van der Waals surface area contributed by atoms with Crippen molar-refractivity contribution in [1.82, 2.24) is 0 Å².